The van der Waals surface area contributed by atoms with E-state index < -0.39 is 0 Å². The minimum absolute atomic E-state index is 0.337. The molecule has 0 amide bonds. The average molecular weight is 178 g/mol. The molecule has 1 nitrogen and oxygen atoms in total. The highest BCUT2D eigenvalue weighted by atomic mass is 16.5. The quantitative estimate of drug-likeness (QED) is 0.476. The minimum atomic E-state index is 0.337. The summed E-state index contributed by atoms with van der Waals surface area (Å²) in [6, 6.07) is 0. The van der Waals surface area contributed by atoms with Crippen LogP contribution in [0.2, 0.25) is 0 Å². The van der Waals surface area contributed by atoms with Gasteiger partial charge in [-0.1, -0.05) is 30.9 Å². The molecule has 2 unspecified atom stereocenters. The van der Waals surface area contributed by atoms with Gasteiger partial charge >= 0.3 is 0 Å². The Morgan fingerprint density at radius 3 is 2.77 bits per heavy atom. The zero-order valence-corrected chi connectivity index (χ0v) is 8.49. The molecule has 0 spiro atoms. The summed E-state index contributed by atoms with van der Waals surface area (Å²) in [5, 5.41) is 0. The molecule has 1 aliphatic carbocycles. The van der Waals surface area contributed by atoms with E-state index in [0.29, 0.717) is 12.0 Å². The van der Waals surface area contributed by atoms with Gasteiger partial charge in [-0.05, 0) is 25.3 Å². The third-order valence-electron chi connectivity index (χ3n) is 2.64. The topological polar surface area (TPSA) is 9.23 Å². The Bertz CT molecular complexity index is 225. The van der Waals surface area contributed by atoms with Crippen LogP contribution in [0.5, 0.6) is 0 Å². The minimum Gasteiger partial charge on any atom is -0.377 e. The first-order valence-corrected chi connectivity index (χ1v) is 4.81. The smallest absolute Gasteiger partial charge is 0.0787 e. The van der Waals surface area contributed by atoms with E-state index in [9.17, 15) is 0 Å². The van der Waals surface area contributed by atoms with Crippen LogP contribution in [0.3, 0.4) is 0 Å². The highest BCUT2D eigenvalue weighted by Gasteiger charge is 2.27. The number of ether oxygens (including phenoxy) is 1. The van der Waals surface area contributed by atoms with Gasteiger partial charge in [-0.15, -0.1) is 0 Å². The number of methoxy groups -OCH3 is 1. The SMILES string of the molecule is C=C/C=C/C1CCC(OC)/C1=C\C. The molecular weight excluding hydrogens is 160 g/mol. The van der Waals surface area contributed by atoms with Crippen LogP contribution in [-0.4, -0.2) is 13.2 Å². The van der Waals surface area contributed by atoms with Crippen molar-refractivity contribution in [2.24, 2.45) is 5.92 Å². The molecule has 0 N–H and O–H groups in total. The van der Waals surface area contributed by atoms with Crippen molar-refractivity contribution >= 4 is 0 Å². The molecule has 1 fully saturated rings. The van der Waals surface area contributed by atoms with Crippen LogP contribution in [0.15, 0.2) is 36.5 Å². The Hall–Kier alpha value is -0.820. The van der Waals surface area contributed by atoms with Gasteiger partial charge in [0.15, 0.2) is 0 Å². The van der Waals surface area contributed by atoms with Gasteiger partial charge in [0.25, 0.3) is 0 Å². The van der Waals surface area contributed by atoms with Crippen molar-refractivity contribution < 1.29 is 4.74 Å². The molecule has 0 aliphatic heterocycles. The van der Waals surface area contributed by atoms with E-state index >= 15 is 0 Å². The first-order valence-electron chi connectivity index (χ1n) is 4.81. The predicted molar refractivity (Wildman–Crippen MR) is 56.6 cm³/mol. The maximum absolute atomic E-state index is 5.40. The third kappa shape index (κ3) is 2.31. The molecule has 0 aromatic carbocycles. The number of hydrogen-bond donors (Lipinski definition) is 0. The molecule has 0 radical (unpaired) electrons. The second-order valence-electron chi connectivity index (χ2n) is 3.32. The molecule has 0 bridgehead atoms. The molecule has 1 rings (SSSR count). The lowest BCUT2D eigenvalue weighted by atomic mass is 10.0. The lowest BCUT2D eigenvalue weighted by Crippen LogP contribution is -2.08. The van der Waals surface area contributed by atoms with Crippen LogP contribution in [0.1, 0.15) is 19.8 Å². The number of hydrogen-bond acceptors (Lipinski definition) is 1. The van der Waals surface area contributed by atoms with Crippen molar-refractivity contribution in [2.75, 3.05) is 7.11 Å². The highest BCUT2D eigenvalue weighted by molar-refractivity contribution is 5.23. The van der Waals surface area contributed by atoms with Gasteiger partial charge < -0.3 is 4.74 Å². The predicted octanol–water partition coefficient (Wildman–Crippen LogP) is 3.10. The molecule has 2 atom stereocenters. The Labute approximate surface area is 80.8 Å². The van der Waals surface area contributed by atoms with Crippen LogP contribution in [0.25, 0.3) is 0 Å². The van der Waals surface area contributed by atoms with E-state index in [-0.39, 0.29) is 0 Å². The van der Waals surface area contributed by atoms with E-state index in [2.05, 4.69) is 25.7 Å². The zero-order chi connectivity index (χ0) is 9.68. The summed E-state index contributed by atoms with van der Waals surface area (Å²) in [5.74, 6) is 0.563. The molecule has 13 heavy (non-hydrogen) atoms. The molecule has 1 heteroatoms. The Morgan fingerprint density at radius 2 is 2.23 bits per heavy atom. The summed E-state index contributed by atoms with van der Waals surface area (Å²) >= 11 is 0. The van der Waals surface area contributed by atoms with E-state index in [1.807, 2.05) is 12.2 Å². The summed E-state index contributed by atoms with van der Waals surface area (Å²) in [7, 11) is 1.79. The fraction of sp³-hybridized carbons (Fsp3) is 0.500. The fourth-order valence-corrected chi connectivity index (χ4v) is 1.98. The number of allylic oxidation sites excluding steroid dienone is 4. The van der Waals surface area contributed by atoms with E-state index in [4.69, 9.17) is 4.74 Å². The Balaban J connectivity index is 2.68. The fourth-order valence-electron chi connectivity index (χ4n) is 1.98. The molecule has 1 saturated carbocycles. The van der Waals surface area contributed by atoms with Crippen molar-refractivity contribution in [3.8, 4) is 0 Å². The second-order valence-corrected chi connectivity index (χ2v) is 3.32. The average Bonchev–Trinajstić information content (AvgIpc) is 2.56. The normalized spacial score (nSPS) is 31.7. The molecule has 0 aromatic rings. The van der Waals surface area contributed by atoms with Gasteiger partial charge in [-0.3, -0.25) is 0 Å². The maximum Gasteiger partial charge on any atom is 0.0787 e. The van der Waals surface area contributed by atoms with Crippen LogP contribution < -0.4 is 0 Å². The molecule has 72 valence electrons. The van der Waals surface area contributed by atoms with E-state index in [1.165, 1.54) is 12.0 Å². The van der Waals surface area contributed by atoms with Crippen molar-refractivity contribution in [3.05, 3.63) is 36.5 Å². The van der Waals surface area contributed by atoms with Crippen LogP contribution in [-0.2, 0) is 4.74 Å². The zero-order valence-electron chi connectivity index (χ0n) is 8.49. The van der Waals surface area contributed by atoms with Gasteiger partial charge in [0.1, 0.15) is 0 Å². The van der Waals surface area contributed by atoms with Crippen LogP contribution in [0.4, 0.5) is 0 Å². The summed E-state index contributed by atoms with van der Waals surface area (Å²) < 4.78 is 5.40. The van der Waals surface area contributed by atoms with Crippen molar-refractivity contribution in [3.63, 3.8) is 0 Å². The molecule has 0 aromatic heterocycles. The van der Waals surface area contributed by atoms with Gasteiger partial charge in [0.2, 0.25) is 0 Å². The van der Waals surface area contributed by atoms with Crippen molar-refractivity contribution in [1.82, 2.24) is 0 Å². The molecule has 0 heterocycles. The van der Waals surface area contributed by atoms with Crippen LogP contribution in [0, 0.1) is 5.92 Å². The first kappa shape index (κ1) is 10.3. The van der Waals surface area contributed by atoms with Crippen molar-refractivity contribution in [2.45, 2.75) is 25.9 Å². The maximum atomic E-state index is 5.40. The lowest BCUT2D eigenvalue weighted by molar-refractivity contribution is 0.136. The van der Waals surface area contributed by atoms with Gasteiger partial charge in [-0.25, -0.2) is 0 Å². The number of rotatable bonds is 3. The van der Waals surface area contributed by atoms with Crippen molar-refractivity contribution in [1.29, 1.82) is 0 Å². The standard InChI is InChI=1S/C12H18O/c1-4-6-7-10-8-9-12(13-3)11(10)5-2/h4-7,10,12H,1,8-9H2,2-3H3/b7-6+,11-5-. The Morgan fingerprint density at radius 1 is 1.46 bits per heavy atom. The first-order chi connectivity index (χ1) is 6.33. The van der Waals surface area contributed by atoms with Gasteiger partial charge in [-0.2, -0.15) is 0 Å². The monoisotopic (exact) mass is 178 g/mol. The highest BCUT2D eigenvalue weighted by Crippen LogP contribution is 2.33. The second kappa shape index (κ2) is 5.03. The van der Waals surface area contributed by atoms with Crippen LogP contribution >= 0.6 is 0 Å². The van der Waals surface area contributed by atoms with E-state index in [1.54, 1.807) is 7.11 Å². The third-order valence-corrected chi connectivity index (χ3v) is 2.64. The summed E-state index contributed by atoms with van der Waals surface area (Å²) in [5.41, 5.74) is 1.42. The lowest BCUT2D eigenvalue weighted by Gasteiger charge is -2.12. The summed E-state index contributed by atoms with van der Waals surface area (Å²) in [4.78, 5) is 0. The van der Waals surface area contributed by atoms with E-state index in [0.717, 1.165) is 6.42 Å². The van der Waals surface area contributed by atoms with Gasteiger partial charge in [0.05, 0.1) is 6.10 Å². The molecular formula is C12H18O. The molecule has 1 aliphatic rings. The Kier molecular flexibility index (Phi) is 3.97. The molecule has 0 saturated heterocycles. The summed E-state index contributed by atoms with van der Waals surface area (Å²) in [6.07, 6.45) is 10.9. The van der Waals surface area contributed by atoms with Gasteiger partial charge in [0, 0.05) is 13.0 Å². The largest absolute Gasteiger partial charge is 0.377 e. The summed E-state index contributed by atoms with van der Waals surface area (Å²) in [6.45, 7) is 5.76.